The van der Waals surface area contributed by atoms with Crippen LogP contribution in [0.15, 0.2) is 52.1 Å². The molecule has 3 aliphatic rings. The van der Waals surface area contributed by atoms with E-state index < -0.39 is 6.04 Å². The van der Waals surface area contributed by atoms with Gasteiger partial charge in [-0.2, -0.15) is 0 Å². The van der Waals surface area contributed by atoms with Crippen molar-refractivity contribution >= 4 is 29.2 Å². The SMILES string of the molecule is CCOC(=O)N1CCN(C(=O)CN2c3ccccc3NC3=C(C(=O)CC(C)(C)C3)C2c2ccc(C)o2)CC1. The number of aryl methyl sites for hydroxylation is 1. The Hall–Kier alpha value is -3.75. The molecule has 1 aromatic carbocycles. The number of carbonyl (C=O) groups excluding carboxylic acids is 3. The molecule has 9 heteroatoms. The molecule has 2 amide bonds. The molecule has 1 fully saturated rings. The zero-order valence-corrected chi connectivity index (χ0v) is 22.6. The zero-order chi connectivity index (χ0) is 27.0. The van der Waals surface area contributed by atoms with E-state index in [9.17, 15) is 14.4 Å². The predicted molar refractivity (Wildman–Crippen MR) is 144 cm³/mol. The Morgan fingerprint density at radius 3 is 2.45 bits per heavy atom. The standard InChI is InChI=1S/C29H36N4O5/c1-5-37-28(36)32-14-12-31(13-15-32)25(35)18-33-22-9-7-6-8-20(22)30-21-16-29(3,4)17-23(34)26(21)27(33)24-11-10-19(2)38-24/h6-11,27,30H,5,12-18H2,1-4H3. The third-order valence-corrected chi connectivity index (χ3v) is 7.50. The number of allylic oxidation sites excluding steroid dienone is 1. The van der Waals surface area contributed by atoms with Crippen molar-refractivity contribution in [3.63, 3.8) is 0 Å². The number of hydrogen-bond donors (Lipinski definition) is 1. The summed E-state index contributed by atoms with van der Waals surface area (Å²) in [5, 5.41) is 3.56. The zero-order valence-electron chi connectivity index (χ0n) is 22.6. The Labute approximate surface area is 223 Å². The van der Waals surface area contributed by atoms with Crippen molar-refractivity contribution in [3.8, 4) is 0 Å². The highest BCUT2D eigenvalue weighted by atomic mass is 16.6. The molecule has 0 spiro atoms. The van der Waals surface area contributed by atoms with E-state index in [2.05, 4.69) is 19.2 Å². The number of fused-ring (bicyclic) bond motifs is 1. The second-order valence-corrected chi connectivity index (χ2v) is 11.0. The number of amides is 2. The normalized spacial score (nSPS) is 20.9. The van der Waals surface area contributed by atoms with Gasteiger partial charge in [0.05, 0.1) is 24.5 Å². The van der Waals surface area contributed by atoms with Gasteiger partial charge in [-0.25, -0.2) is 4.79 Å². The van der Waals surface area contributed by atoms with E-state index in [4.69, 9.17) is 9.15 Å². The van der Waals surface area contributed by atoms with Gasteiger partial charge in [0, 0.05) is 43.9 Å². The van der Waals surface area contributed by atoms with Gasteiger partial charge in [0.25, 0.3) is 0 Å². The number of rotatable bonds is 4. The number of hydrogen-bond acceptors (Lipinski definition) is 7. The Balaban J connectivity index is 1.50. The van der Waals surface area contributed by atoms with Gasteiger partial charge in [-0.3, -0.25) is 9.59 Å². The van der Waals surface area contributed by atoms with Crippen molar-refractivity contribution in [1.82, 2.24) is 9.80 Å². The molecule has 1 saturated heterocycles. The molecule has 5 rings (SSSR count). The number of ketones is 1. The lowest BCUT2D eigenvalue weighted by Crippen LogP contribution is -2.53. The number of para-hydroxylation sites is 2. The van der Waals surface area contributed by atoms with Crippen LogP contribution in [0.3, 0.4) is 0 Å². The van der Waals surface area contributed by atoms with Crippen molar-refractivity contribution in [2.75, 3.05) is 49.5 Å². The van der Waals surface area contributed by atoms with Crippen LogP contribution in [0, 0.1) is 12.3 Å². The van der Waals surface area contributed by atoms with Gasteiger partial charge in [0.2, 0.25) is 5.91 Å². The smallest absolute Gasteiger partial charge is 0.409 e. The van der Waals surface area contributed by atoms with Crippen LogP contribution in [0.1, 0.15) is 51.2 Å². The third-order valence-electron chi connectivity index (χ3n) is 7.50. The number of piperazine rings is 1. The monoisotopic (exact) mass is 520 g/mol. The lowest BCUT2D eigenvalue weighted by Gasteiger charge is -2.38. The molecule has 1 aliphatic carbocycles. The molecule has 38 heavy (non-hydrogen) atoms. The Kier molecular flexibility index (Phi) is 6.94. The summed E-state index contributed by atoms with van der Waals surface area (Å²) in [5.41, 5.74) is 3.07. The fourth-order valence-corrected chi connectivity index (χ4v) is 5.72. The summed E-state index contributed by atoms with van der Waals surface area (Å²) in [6.45, 7) is 9.96. The maximum Gasteiger partial charge on any atom is 0.409 e. The number of nitrogens with zero attached hydrogens (tertiary/aromatic N) is 3. The molecule has 1 N–H and O–H groups in total. The van der Waals surface area contributed by atoms with Crippen LogP contribution < -0.4 is 10.2 Å². The predicted octanol–water partition coefficient (Wildman–Crippen LogP) is 4.51. The Morgan fingerprint density at radius 1 is 1.05 bits per heavy atom. The maximum atomic E-state index is 13.7. The molecule has 0 radical (unpaired) electrons. The highest BCUT2D eigenvalue weighted by molar-refractivity contribution is 6.01. The molecule has 1 aromatic heterocycles. The van der Waals surface area contributed by atoms with Crippen molar-refractivity contribution in [3.05, 3.63) is 59.2 Å². The van der Waals surface area contributed by atoms with Crippen molar-refractivity contribution in [2.45, 2.75) is 46.6 Å². The maximum absolute atomic E-state index is 13.7. The summed E-state index contributed by atoms with van der Waals surface area (Å²) in [4.78, 5) is 45.0. The number of furan rings is 1. The van der Waals surface area contributed by atoms with E-state index in [1.165, 1.54) is 0 Å². The van der Waals surface area contributed by atoms with Crippen LogP contribution in [0.5, 0.6) is 0 Å². The molecule has 1 unspecified atom stereocenters. The molecular formula is C29H36N4O5. The fraction of sp³-hybridized carbons (Fsp3) is 0.483. The second-order valence-electron chi connectivity index (χ2n) is 11.0. The minimum Gasteiger partial charge on any atom is -0.464 e. The summed E-state index contributed by atoms with van der Waals surface area (Å²) in [6, 6.07) is 11.1. The van der Waals surface area contributed by atoms with E-state index in [1.807, 2.05) is 48.2 Å². The molecule has 2 aromatic rings. The molecular weight excluding hydrogens is 484 g/mol. The first-order valence-corrected chi connectivity index (χ1v) is 13.3. The van der Waals surface area contributed by atoms with Crippen LogP contribution in [0.2, 0.25) is 0 Å². The first-order valence-electron chi connectivity index (χ1n) is 13.3. The summed E-state index contributed by atoms with van der Waals surface area (Å²) in [5.74, 6) is 1.39. The van der Waals surface area contributed by atoms with E-state index in [-0.39, 0.29) is 29.7 Å². The van der Waals surface area contributed by atoms with Gasteiger partial charge < -0.3 is 29.2 Å². The largest absolute Gasteiger partial charge is 0.464 e. The van der Waals surface area contributed by atoms with Gasteiger partial charge in [-0.05, 0) is 49.9 Å². The van der Waals surface area contributed by atoms with E-state index in [0.29, 0.717) is 50.5 Å². The number of anilines is 2. The minimum atomic E-state index is -0.539. The Bertz CT molecular complexity index is 1270. The highest BCUT2D eigenvalue weighted by Gasteiger charge is 2.43. The first kappa shape index (κ1) is 25.9. The average Bonchev–Trinajstić information content (AvgIpc) is 3.25. The third kappa shape index (κ3) is 5.01. The van der Waals surface area contributed by atoms with Crippen LogP contribution in [-0.4, -0.2) is 66.9 Å². The van der Waals surface area contributed by atoms with Gasteiger partial charge in [-0.1, -0.05) is 26.0 Å². The lowest BCUT2D eigenvalue weighted by atomic mass is 9.74. The number of nitrogens with one attached hydrogen (secondary N) is 1. The molecule has 9 nitrogen and oxygen atoms in total. The van der Waals surface area contributed by atoms with Crippen LogP contribution >= 0.6 is 0 Å². The van der Waals surface area contributed by atoms with Crippen LogP contribution in [0.4, 0.5) is 16.2 Å². The highest BCUT2D eigenvalue weighted by Crippen LogP contribution is 2.48. The summed E-state index contributed by atoms with van der Waals surface area (Å²) in [7, 11) is 0. The molecule has 0 saturated carbocycles. The van der Waals surface area contributed by atoms with E-state index in [0.717, 1.165) is 29.3 Å². The number of Topliss-reactive ketones (excluding diaryl/α,β-unsaturated/α-hetero) is 1. The van der Waals surface area contributed by atoms with E-state index in [1.54, 1.807) is 16.7 Å². The number of benzene rings is 1. The number of ether oxygens (including phenoxy) is 1. The fourth-order valence-electron chi connectivity index (χ4n) is 5.72. The summed E-state index contributed by atoms with van der Waals surface area (Å²) >= 11 is 0. The van der Waals surface area contributed by atoms with Gasteiger partial charge in [0.1, 0.15) is 17.6 Å². The first-order chi connectivity index (χ1) is 18.2. The van der Waals surface area contributed by atoms with Crippen LogP contribution in [0.25, 0.3) is 0 Å². The quantitative estimate of drug-likeness (QED) is 0.634. The minimum absolute atomic E-state index is 0.0654. The number of carbonyl (C=O) groups is 3. The van der Waals surface area contributed by atoms with Gasteiger partial charge in [-0.15, -0.1) is 0 Å². The molecule has 202 valence electrons. The van der Waals surface area contributed by atoms with Crippen LogP contribution in [-0.2, 0) is 14.3 Å². The topological polar surface area (TPSA) is 95.3 Å². The Morgan fingerprint density at radius 2 is 1.76 bits per heavy atom. The molecule has 0 bridgehead atoms. The molecule has 3 heterocycles. The van der Waals surface area contributed by atoms with E-state index >= 15 is 0 Å². The van der Waals surface area contributed by atoms with Gasteiger partial charge >= 0.3 is 6.09 Å². The lowest BCUT2D eigenvalue weighted by molar-refractivity contribution is -0.131. The summed E-state index contributed by atoms with van der Waals surface area (Å²) < 4.78 is 11.2. The summed E-state index contributed by atoms with van der Waals surface area (Å²) in [6.07, 6.45) is 0.798. The van der Waals surface area contributed by atoms with Crippen molar-refractivity contribution < 1.29 is 23.5 Å². The van der Waals surface area contributed by atoms with Gasteiger partial charge in [0.15, 0.2) is 5.78 Å². The molecule has 1 atom stereocenters. The average molecular weight is 521 g/mol. The second kappa shape index (κ2) is 10.2. The van der Waals surface area contributed by atoms with Crippen molar-refractivity contribution in [1.29, 1.82) is 0 Å². The van der Waals surface area contributed by atoms with Crippen molar-refractivity contribution in [2.24, 2.45) is 5.41 Å². The molecule has 2 aliphatic heterocycles.